The summed E-state index contributed by atoms with van der Waals surface area (Å²) in [6.07, 6.45) is 0.139. The molecule has 2 aromatic rings. The van der Waals surface area contributed by atoms with Crippen LogP contribution in [0.2, 0.25) is 0 Å². The van der Waals surface area contributed by atoms with Gasteiger partial charge in [-0.3, -0.25) is 24.1 Å². The standard InChI is InChI=1S/C23H25N3O6/c1-14(26-22(29)16-6-4-5-7-17(16)23(26)30)21(28)25-11-10-24-20(27)13-15-8-9-18(31-2)19(12-15)32-3/h4-9,12,14H,10-11,13H2,1-3H3,(H,24,27)(H,25,28). The van der Waals surface area contributed by atoms with Gasteiger partial charge in [0.2, 0.25) is 11.8 Å². The predicted octanol–water partition coefficient (Wildman–Crippen LogP) is 1.16. The maximum absolute atomic E-state index is 12.5. The number of methoxy groups -OCH3 is 2. The van der Waals surface area contributed by atoms with Crippen molar-refractivity contribution in [1.82, 2.24) is 15.5 Å². The van der Waals surface area contributed by atoms with Crippen LogP contribution in [0.15, 0.2) is 42.5 Å². The highest BCUT2D eigenvalue weighted by Crippen LogP contribution is 2.27. The molecular formula is C23H25N3O6. The molecule has 1 unspecified atom stereocenters. The molecular weight excluding hydrogens is 414 g/mol. The minimum Gasteiger partial charge on any atom is -0.493 e. The molecule has 0 fully saturated rings. The SMILES string of the molecule is COc1ccc(CC(=O)NCCNC(=O)C(C)N2C(=O)c3ccccc3C2=O)cc1OC. The van der Waals surface area contributed by atoms with Crippen molar-refractivity contribution in [2.75, 3.05) is 27.3 Å². The predicted molar refractivity (Wildman–Crippen MR) is 116 cm³/mol. The van der Waals surface area contributed by atoms with Crippen molar-refractivity contribution < 1.29 is 28.7 Å². The Morgan fingerprint density at radius 2 is 1.50 bits per heavy atom. The Balaban J connectivity index is 1.46. The van der Waals surface area contributed by atoms with Crippen LogP contribution in [0.1, 0.15) is 33.2 Å². The van der Waals surface area contributed by atoms with Gasteiger partial charge in [-0.2, -0.15) is 0 Å². The third kappa shape index (κ3) is 4.72. The van der Waals surface area contributed by atoms with Crippen LogP contribution < -0.4 is 20.1 Å². The smallest absolute Gasteiger partial charge is 0.262 e. The molecule has 0 radical (unpaired) electrons. The fourth-order valence-electron chi connectivity index (χ4n) is 3.45. The van der Waals surface area contributed by atoms with Gasteiger partial charge in [-0.1, -0.05) is 18.2 Å². The second kappa shape index (κ2) is 9.95. The highest BCUT2D eigenvalue weighted by atomic mass is 16.5. The largest absolute Gasteiger partial charge is 0.493 e. The third-order valence-electron chi connectivity index (χ3n) is 5.15. The lowest BCUT2D eigenvalue weighted by Crippen LogP contribution is -2.49. The zero-order valence-corrected chi connectivity index (χ0v) is 18.1. The van der Waals surface area contributed by atoms with E-state index < -0.39 is 23.8 Å². The molecule has 0 aromatic heterocycles. The number of carbonyl (C=O) groups is 4. The second-order valence-electron chi connectivity index (χ2n) is 7.21. The first-order chi connectivity index (χ1) is 15.4. The molecule has 0 spiro atoms. The molecule has 9 heteroatoms. The topological polar surface area (TPSA) is 114 Å². The Morgan fingerprint density at radius 1 is 0.906 bits per heavy atom. The van der Waals surface area contributed by atoms with Crippen LogP contribution in [-0.4, -0.2) is 61.9 Å². The zero-order valence-electron chi connectivity index (χ0n) is 18.1. The van der Waals surface area contributed by atoms with E-state index in [-0.39, 0.29) is 25.4 Å². The average Bonchev–Trinajstić information content (AvgIpc) is 3.06. The minimum atomic E-state index is -0.968. The Hall–Kier alpha value is -3.88. The lowest BCUT2D eigenvalue weighted by Gasteiger charge is -2.21. The van der Waals surface area contributed by atoms with Crippen molar-refractivity contribution in [2.45, 2.75) is 19.4 Å². The molecule has 9 nitrogen and oxygen atoms in total. The first-order valence-corrected chi connectivity index (χ1v) is 10.1. The Kier molecular flexibility index (Phi) is 7.09. The van der Waals surface area contributed by atoms with Gasteiger partial charge in [-0.05, 0) is 36.8 Å². The number of ether oxygens (including phenoxy) is 2. The summed E-state index contributed by atoms with van der Waals surface area (Å²) in [6.45, 7) is 1.85. The molecule has 0 saturated heterocycles. The lowest BCUT2D eigenvalue weighted by atomic mass is 10.1. The molecule has 2 aromatic carbocycles. The van der Waals surface area contributed by atoms with Gasteiger partial charge in [0, 0.05) is 13.1 Å². The Morgan fingerprint density at radius 3 is 2.09 bits per heavy atom. The van der Waals surface area contributed by atoms with Gasteiger partial charge in [0.1, 0.15) is 6.04 Å². The van der Waals surface area contributed by atoms with Gasteiger partial charge in [-0.25, -0.2) is 0 Å². The molecule has 0 saturated carbocycles. The second-order valence-corrected chi connectivity index (χ2v) is 7.21. The number of nitrogens with zero attached hydrogens (tertiary/aromatic N) is 1. The van der Waals surface area contributed by atoms with Crippen molar-refractivity contribution in [3.8, 4) is 11.5 Å². The molecule has 4 amide bonds. The average molecular weight is 439 g/mol. The number of fused-ring (bicyclic) bond motifs is 1. The van der Waals surface area contributed by atoms with E-state index in [0.29, 0.717) is 22.6 Å². The van der Waals surface area contributed by atoms with Gasteiger partial charge < -0.3 is 20.1 Å². The molecule has 1 heterocycles. The van der Waals surface area contributed by atoms with Crippen molar-refractivity contribution in [2.24, 2.45) is 0 Å². The van der Waals surface area contributed by atoms with E-state index in [2.05, 4.69) is 10.6 Å². The van der Waals surface area contributed by atoms with E-state index in [0.717, 1.165) is 10.5 Å². The number of carbonyl (C=O) groups excluding carboxylic acids is 4. The van der Waals surface area contributed by atoms with Crippen LogP contribution in [-0.2, 0) is 16.0 Å². The summed E-state index contributed by atoms with van der Waals surface area (Å²) in [5.41, 5.74) is 1.34. The number of hydrogen-bond donors (Lipinski definition) is 2. The maximum Gasteiger partial charge on any atom is 0.262 e. The van der Waals surface area contributed by atoms with Crippen LogP contribution in [0.5, 0.6) is 11.5 Å². The molecule has 2 N–H and O–H groups in total. The van der Waals surface area contributed by atoms with Crippen LogP contribution >= 0.6 is 0 Å². The molecule has 1 atom stereocenters. The number of benzene rings is 2. The van der Waals surface area contributed by atoms with Crippen LogP contribution in [0.3, 0.4) is 0 Å². The number of amides is 4. The Bertz CT molecular complexity index is 1020. The normalized spacial score (nSPS) is 13.4. The molecule has 1 aliphatic rings. The molecule has 168 valence electrons. The van der Waals surface area contributed by atoms with Gasteiger partial charge in [0.25, 0.3) is 11.8 Å². The number of rotatable bonds is 9. The van der Waals surface area contributed by atoms with Crippen LogP contribution in [0, 0.1) is 0 Å². The summed E-state index contributed by atoms with van der Waals surface area (Å²) in [7, 11) is 3.06. The fraction of sp³-hybridized carbons (Fsp3) is 0.304. The molecule has 32 heavy (non-hydrogen) atoms. The molecule has 0 bridgehead atoms. The van der Waals surface area contributed by atoms with Crippen molar-refractivity contribution >= 4 is 23.6 Å². The van der Waals surface area contributed by atoms with Gasteiger partial charge in [0.05, 0.1) is 31.8 Å². The van der Waals surface area contributed by atoms with E-state index in [1.54, 1.807) is 42.5 Å². The summed E-state index contributed by atoms with van der Waals surface area (Å²) in [4.78, 5) is 50.5. The van der Waals surface area contributed by atoms with Gasteiger partial charge >= 0.3 is 0 Å². The summed E-state index contributed by atoms with van der Waals surface area (Å²) >= 11 is 0. The number of hydrogen-bond acceptors (Lipinski definition) is 6. The monoisotopic (exact) mass is 439 g/mol. The summed E-state index contributed by atoms with van der Waals surface area (Å²) in [5, 5.41) is 5.36. The van der Waals surface area contributed by atoms with Gasteiger partial charge in [0.15, 0.2) is 11.5 Å². The summed E-state index contributed by atoms with van der Waals surface area (Å²) in [6, 6.07) is 10.7. The fourth-order valence-corrected chi connectivity index (χ4v) is 3.45. The number of nitrogens with one attached hydrogen (secondary N) is 2. The minimum absolute atomic E-state index is 0.139. The van der Waals surface area contributed by atoms with Crippen molar-refractivity contribution in [1.29, 1.82) is 0 Å². The highest BCUT2D eigenvalue weighted by Gasteiger charge is 2.40. The van der Waals surface area contributed by atoms with E-state index in [4.69, 9.17) is 9.47 Å². The van der Waals surface area contributed by atoms with Crippen LogP contribution in [0.4, 0.5) is 0 Å². The van der Waals surface area contributed by atoms with E-state index >= 15 is 0 Å². The van der Waals surface area contributed by atoms with E-state index in [1.807, 2.05) is 0 Å². The zero-order chi connectivity index (χ0) is 23.3. The van der Waals surface area contributed by atoms with E-state index in [9.17, 15) is 19.2 Å². The third-order valence-corrected chi connectivity index (χ3v) is 5.15. The van der Waals surface area contributed by atoms with Crippen molar-refractivity contribution in [3.63, 3.8) is 0 Å². The van der Waals surface area contributed by atoms with Crippen molar-refractivity contribution in [3.05, 3.63) is 59.2 Å². The summed E-state index contributed by atoms with van der Waals surface area (Å²) in [5.74, 6) is -0.569. The highest BCUT2D eigenvalue weighted by molar-refractivity contribution is 6.22. The van der Waals surface area contributed by atoms with E-state index in [1.165, 1.54) is 21.1 Å². The Labute approximate surface area is 185 Å². The molecule has 0 aliphatic carbocycles. The molecule has 3 rings (SSSR count). The van der Waals surface area contributed by atoms with Crippen LogP contribution in [0.25, 0.3) is 0 Å². The molecule has 1 aliphatic heterocycles. The first kappa shape index (κ1) is 22.8. The number of imide groups is 1. The maximum atomic E-state index is 12.5. The summed E-state index contributed by atoms with van der Waals surface area (Å²) < 4.78 is 10.4. The quantitative estimate of drug-likeness (QED) is 0.448. The first-order valence-electron chi connectivity index (χ1n) is 10.1. The van der Waals surface area contributed by atoms with Gasteiger partial charge in [-0.15, -0.1) is 0 Å². The lowest BCUT2D eigenvalue weighted by molar-refractivity contribution is -0.125.